The monoisotopic (exact) mass is 748 g/mol. The third-order valence-electron chi connectivity index (χ3n) is 10.1. The van der Waals surface area contributed by atoms with Gasteiger partial charge in [-0.15, -0.1) is 0 Å². The largest absolute Gasteiger partial charge is 0.480 e. The molecule has 2 N–H and O–H groups in total. The van der Waals surface area contributed by atoms with Crippen molar-refractivity contribution in [1.82, 2.24) is 19.7 Å². The summed E-state index contributed by atoms with van der Waals surface area (Å²) in [6.07, 6.45) is -17.2. The van der Waals surface area contributed by atoms with Crippen LogP contribution in [-0.4, -0.2) is 83.5 Å². The Kier molecular flexibility index (Phi) is 10.5. The van der Waals surface area contributed by atoms with Crippen LogP contribution >= 0.6 is 0 Å². The number of nitrogens with zero attached hydrogens (tertiary/aromatic N) is 3. The molecule has 8 nitrogen and oxygen atoms in total. The van der Waals surface area contributed by atoms with Gasteiger partial charge in [-0.05, 0) is 87.3 Å². The number of aromatic nitrogens is 1. The number of halogens is 9. The summed E-state index contributed by atoms with van der Waals surface area (Å²) < 4.78 is 128. The first-order chi connectivity index (χ1) is 24.0. The van der Waals surface area contributed by atoms with E-state index < -0.39 is 103 Å². The number of benzene rings is 2. The standard InChI is InChI=1S/C35H37F9N4O4/c1-46(2)17-19-7-10-26-24(15-19)28(34(39,40)41)27(29(49)47(26)3)23-9-8-21-20(5-4-6-22(21)23)16-25(30(50)51)45-31(52)32(35(42,43)44)11-13-48(14-12-32)18-33(36,37)38/h4-7,10,15,23,25H,8-9,11-14,16-18H2,1-3H3,(H,45,52)(H,50,51)/t23-,25+/m1/s1. The van der Waals surface area contributed by atoms with Gasteiger partial charge in [-0.2, -0.15) is 39.5 Å². The predicted octanol–water partition coefficient (Wildman–Crippen LogP) is 6.02. The number of fused-ring (bicyclic) bond motifs is 2. The first-order valence-electron chi connectivity index (χ1n) is 16.4. The topological polar surface area (TPSA) is 94.9 Å². The lowest BCUT2D eigenvalue weighted by Gasteiger charge is -2.42. The molecule has 2 aromatic carbocycles. The lowest BCUT2D eigenvalue weighted by molar-refractivity contribution is -0.236. The molecule has 2 atom stereocenters. The summed E-state index contributed by atoms with van der Waals surface area (Å²) in [5.74, 6) is -4.43. The number of aryl methyl sites for hydroxylation is 1. The van der Waals surface area contributed by atoms with E-state index in [4.69, 9.17) is 0 Å². The van der Waals surface area contributed by atoms with Crippen LogP contribution < -0.4 is 10.9 Å². The highest BCUT2D eigenvalue weighted by atomic mass is 19.4. The van der Waals surface area contributed by atoms with Crippen molar-refractivity contribution in [3.63, 3.8) is 0 Å². The third-order valence-corrected chi connectivity index (χ3v) is 10.1. The zero-order valence-corrected chi connectivity index (χ0v) is 28.4. The second-order valence-corrected chi connectivity index (χ2v) is 13.9. The normalized spacial score (nSPS) is 18.8. The minimum Gasteiger partial charge on any atom is -0.480 e. The quantitative estimate of drug-likeness (QED) is 0.261. The number of amides is 1. The molecule has 0 unspecified atom stereocenters. The van der Waals surface area contributed by atoms with E-state index in [1.807, 2.05) is 5.32 Å². The summed E-state index contributed by atoms with van der Waals surface area (Å²) in [6, 6.07) is 7.00. The van der Waals surface area contributed by atoms with Crippen molar-refractivity contribution >= 4 is 22.8 Å². The Morgan fingerprint density at radius 2 is 1.67 bits per heavy atom. The summed E-state index contributed by atoms with van der Waals surface area (Å²) in [4.78, 5) is 41.8. The maximum Gasteiger partial charge on any atom is 0.417 e. The van der Waals surface area contributed by atoms with E-state index in [-0.39, 0.29) is 29.3 Å². The molecule has 1 aliphatic heterocycles. The van der Waals surface area contributed by atoms with Crippen LogP contribution in [0.15, 0.2) is 41.2 Å². The van der Waals surface area contributed by atoms with Crippen molar-refractivity contribution in [3.8, 4) is 0 Å². The minimum atomic E-state index is -5.21. The lowest BCUT2D eigenvalue weighted by atomic mass is 9.76. The number of likely N-dealkylation sites (tertiary alicyclic amines) is 1. The van der Waals surface area contributed by atoms with Gasteiger partial charge in [0.1, 0.15) is 11.5 Å². The van der Waals surface area contributed by atoms with Gasteiger partial charge in [-0.3, -0.25) is 14.5 Å². The highest BCUT2D eigenvalue weighted by molar-refractivity contribution is 5.88. The molecule has 1 aliphatic carbocycles. The number of hydrogen-bond acceptors (Lipinski definition) is 5. The van der Waals surface area contributed by atoms with E-state index >= 15 is 0 Å². The molecular formula is C35H37F9N4O4. The molecule has 5 rings (SSSR count). The average Bonchev–Trinajstić information content (AvgIpc) is 3.45. The summed E-state index contributed by atoms with van der Waals surface area (Å²) in [5, 5.41) is 11.8. The van der Waals surface area contributed by atoms with Gasteiger partial charge in [0.25, 0.3) is 5.56 Å². The number of nitrogens with one attached hydrogen (secondary N) is 1. The highest BCUT2D eigenvalue weighted by Gasteiger charge is 2.61. The Balaban J connectivity index is 1.49. The summed E-state index contributed by atoms with van der Waals surface area (Å²) in [6.45, 7) is -2.54. The van der Waals surface area contributed by atoms with Crippen LogP contribution in [0.5, 0.6) is 0 Å². The fourth-order valence-electron chi connectivity index (χ4n) is 7.63. The van der Waals surface area contributed by atoms with E-state index in [9.17, 15) is 59.0 Å². The first kappa shape index (κ1) is 39.1. The maximum absolute atomic E-state index is 14.9. The fraction of sp³-hybridized carbons (Fsp3) is 0.514. The Bertz CT molecular complexity index is 1910. The van der Waals surface area contributed by atoms with Crippen molar-refractivity contribution in [2.45, 2.75) is 69.1 Å². The molecule has 1 saturated heterocycles. The van der Waals surface area contributed by atoms with Crippen LogP contribution in [0.2, 0.25) is 0 Å². The second-order valence-electron chi connectivity index (χ2n) is 13.9. The van der Waals surface area contributed by atoms with E-state index in [0.29, 0.717) is 23.2 Å². The van der Waals surface area contributed by atoms with Crippen LogP contribution in [0.3, 0.4) is 0 Å². The average molecular weight is 749 g/mol. The Morgan fingerprint density at radius 1 is 1.02 bits per heavy atom. The van der Waals surface area contributed by atoms with Gasteiger partial charge in [0.05, 0.1) is 17.6 Å². The SMILES string of the molecule is CN(C)Cc1ccc2c(c1)c(C(F)(F)F)c([C@@H]1CCc3c(C[C@H](NC(=O)C4(C(F)(F)F)CCN(CC(F)(F)F)CC4)C(=O)O)cccc31)c(=O)n2C. The molecule has 0 saturated carbocycles. The van der Waals surface area contributed by atoms with Gasteiger partial charge >= 0.3 is 24.5 Å². The first-order valence-corrected chi connectivity index (χ1v) is 16.4. The number of carbonyl (C=O) groups is 2. The zero-order valence-electron chi connectivity index (χ0n) is 28.4. The molecule has 2 heterocycles. The smallest absolute Gasteiger partial charge is 0.417 e. The number of alkyl halides is 9. The molecule has 3 aromatic rings. The van der Waals surface area contributed by atoms with Crippen molar-refractivity contribution in [3.05, 3.63) is 80.1 Å². The van der Waals surface area contributed by atoms with Crippen LogP contribution in [0.25, 0.3) is 10.9 Å². The van der Waals surface area contributed by atoms with Gasteiger partial charge in [-0.25, -0.2) is 4.79 Å². The number of pyridine rings is 1. The molecule has 17 heteroatoms. The predicted molar refractivity (Wildman–Crippen MR) is 172 cm³/mol. The van der Waals surface area contributed by atoms with E-state index in [1.165, 1.54) is 37.4 Å². The molecule has 1 fully saturated rings. The highest BCUT2D eigenvalue weighted by Crippen LogP contribution is 2.48. The molecule has 0 radical (unpaired) electrons. The summed E-state index contributed by atoms with van der Waals surface area (Å²) in [7, 11) is 4.89. The molecule has 284 valence electrons. The second kappa shape index (κ2) is 14.0. The number of carboxylic acid groups (broad SMARTS) is 1. The van der Waals surface area contributed by atoms with Gasteiger partial charge in [0.15, 0.2) is 0 Å². The number of carboxylic acids is 1. The molecule has 0 bridgehead atoms. The maximum atomic E-state index is 14.9. The summed E-state index contributed by atoms with van der Waals surface area (Å²) >= 11 is 0. The third kappa shape index (κ3) is 7.65. The van der Waals surface area contributed by atoms with Crippen molar-refractivity contribution < 1.29 is 54.2 Å². The van der Waals surface area contributed by atoms with Crippen molar-refractivity contribution in [2.75, 3.05) is 33.7 Å². The van der Waals surface area contributed by atoms with Crippen LogP contribution in [0.1, 0.15) is 58.6 Å². The molecule has 0 spiro atoms. The molecule has 52 heavy (non-hydrogen) atoms. The number of piperidine rings is 1. The Labute approximate surface area is 292 Å². The minimum absolute atomic E-state index is 0.0449. The van der Waals surface area contributed by atoms with E-state index in [2.05, 4.69) is 0 Å². The van der Waals surface area contributed by atoms with Crippen molar-refractivity contribution in [1.29, 1.82) is 0 Å². The number of rotatable bonds is 9. The van der Waals surface area contributed by atoms with Crippen LogP contribution in [0, 0.1) is 5.41 Å². The molecular weight excluding hydrogens is 711 g/mol. The van der Waals surface area contributed by atoms with Crippen LogP contribution in [-0.2, 0) is 42.2 Å². The van der Waals surface area contributed by atoms with Gasteiger partial charge in [0, 0.05) is 36.9 Å². The van der Waals surface area contributed by atoms with Gasteiger partial charge < -0.3 is 19.9 Å². The Morgan fingerprint density at radius 3 is 2.23 bits per heavy atom. The molecule has 2 aliphatic rings. The number of hydrogen-bond donors (Lipinski definition) is 2. The fourth-order valence-corrected chi connectivity index (χ4v) is 7.63. The van der Waals surface area contributed by atoms with Crippen LogP contribution in [0.4, 0.5) is 39.5 Å². The zero-order chi connectivity index (χ0) is 38.6. The van der Waals surface area contributed by atoms with E-state index in [0.717, 1.165) is 9.47 Å². The van der Waals surface area contributed by atoms with Gasteiger partial charge in [-0.1, -0.05) is 24.3 Å². The number of aliphatic carboxylic acids is 1. The number of carbonyl (C=O) groups excluding carboxylic acids is 1. The van der Waals surface area contributed by atoms with Gasteiger partial charge in [0.2, 0.25) is 5.91 Å². The lowest BCUT2D eigenvalue weighted by Crippen LogP contribution is -2.59. The molecule has 1 aromatic heterocycles. The molecule has 1 amide bonds. The van der Waals surface area contributed by atoms with E-state index in [1.54, 1.807) is 25.1 Å². The Hall–Kier alpha value is -4.12. The van der Waals surface area contributed by atoms with Crippen molar-refractivity contribution in [2.24, 2.45) is 12.5 Å². The summed E-state index contributed by atoms with van der Waals surface area (Å²) in [5.41, 5.74) is -3.91.